The van der Waals surface area contributed by atoms with Crippen molar-refractivity contribution in [1.82, 2.24) is 10.3 Å². The highest BCUT2D eigenvalue weighted by molar-refractivity contribution is 5.41. The maximum Gasteiger partial charge on any atom is 0.146 e. The molecule has 2 atom stereocenters. The van der Waals surface area contributed by atoms with Crippen LogP contribution in [0.5, 0.6) is 11.5 Å². The predicted molar refractivity (Wildman–Crippen MR) is 116 cm³/mol. The molecule has 2 rings (SSSR count). The van der Waals surface area contributed by atoms with Gasteiger partial charge in [-0.15, -0.1) is 0 Å². The van der Waals surface area contributed by atoms with Gasteiger partial charge in [-0.1, -0.05) is 26.0 Å². The summed E-state index contributed by atoms with van der Waals surface area (Å²) in [5.41, 5.74) is 2.76. The summed E-state index contributed by atoms with van der Waals surface area (Å²) in [5, 5.41) is 32.6. The van der Waals surface area contributed by atoms with Gasteiger partial charge in [-0.3, -0.25) is 4.98 Å². The summed E-state index contributed by atoms with van der Waals surface area (Å²) in [7, 11) is 0. The Labute approximate surface area is 178 Å². The van der Waals surface area contributed by atoms with Crippen molar-refractivity contribution >= 4 is 0 Å². The van der Waals surface area contributed by atoms with E-state index in [1.807, 2.05) is 31.2 Å². The van der Waals surface area contributed by atoms with Gasteiger partial charge in [0, 0.05) is 30.4 Å². The van der Waals surface area contributed by atoms with E-state index in [-0.39, 0.29) is 25.9 Å². The lowest BCUT2D eigenvalue weighted by Crippen LogP contribution is -2.40. The molecule has 4 N–H and O–H groups in total. The van der Waals surface area contributed by atoms with Crippen LogP contribution < -0.4 is 14.8 Å². The maximum atomic E-state index is 10.3. The second-order valence-electron chi connectivity index (χ2n) is 7.83. The number of rotatable bonds is 12. The zero-order chi connectivity index (χ0) is 22.1. The van der Waals surface area contributed by atoms with Crippen molar-refractivity contribution in [3.05, 3.63) is 52.8 Å². The zero-order valence-electron chi connectivity index (χ0n) is 18.3. The number of hydrogen-bond donors (Lipinski definition) is 4. The maximum absolute atomic E-state index is 10.3. The Morgan fingerprint density at radius 2 is 1.87 bits per heavy atom. The zero-order valence-corrected chi connectivity index (χ0v) is 18.3. The number of aliphatic hydroxyl groups excluding tert-OH is 3. The number of ether oxygens (including phenoxy) is 2. The highest BCUT2D eigenvalue weighted by Gasteiger charge is 2.17. The summed E-state index contributed by atoms with van der Waals surface area (Å²) in [5.74, 6) is 1.54. The minimum Gasteiger partial charge on any atom is -0.489 e. The van der Waals surface area contributed by atoms with E-state index in [4.69, 9.17) is 9.47 Å². The molecule has 166 valence electrons. The molecule has 1 heterocycles. The number of pyridine rings is 1. The van der Waals surface area contributed by atoms with Gasteiger partial charge < -0.3 is 30.1 Å². The average Bonchev–Trinajstić information content (AvgIpc) is 2.71. The number of benzene rings is 1. The van der Waals surface area contributed by atoms with Crippen molar-refractivity contribution in [2.45, 2.75) is 53.1 Å². The molecule has 7 heteroatoms. The lowest BCUT2D eigenvalue weighted by atomic mass is 10.1. The Morgan fingerprint density at radius 1 is 1.10 bits per heavy atom. The number of hydrogen-bond acceptors (Lipinski definition) is 7. The Balaban J connectivity index is 1.86. The highest BCUT2D eigenvalue weighted by atomic mass is 16.5. The Morgan fingerprint density at radius 3 is 2.50 bits per heavy atom. The molecule has 0 spiro atoms. The topological polar surface area (TPSA) is 104 Å². The molecule has 7 nitrogen and oxygen atoms in total. The van der Waals surface area contributed by atoms with Gasteiger partial charge in [0.25, 0.3) is 0 Å². The standard InChI is InChI=1S/C23H34N2O5/c1-15(2)22(30-20-7-5-6-16(3)8-20)11-24-10-19(28)14-29-23-17(4)25-9-18(12-26)21(23)13-27/h5-9,15,19,22,24,26-28H,10-14H2,1-4H3. The molecule has 0 aliphatic rings. The van der Waals surface area contributed by atoms with Crippen molar-refractivity contribution < 1.29 is 24.8 Å². The number of aryl methyl sites for hydroxylation is 2. The van der Waals surface area contributed by atoms with Gasteiger partial charge in [-0.25, -0.2) is 0 Å². The summed E-state index contributed by atoms with van der Waals surface area (Å²) in [6, 6.07) is 7.95. The van der Waals surface area contributed by atoms with Crippen LogP contribution in [0.4, 0.5) is 0 Å². The molecule has 0 saturated carbocycles. The van der Waals surface area contributed by atoms with E-state index in [1.54, 1.807) is 6.92 Å². The first-order chi connectivity index (χ1) is 14.3. The van der Waals surface area contributed by atoms with Crippen molar-refractivity contribution in [3.63, 3.8) is 0 Å². The van der Waals surface area contributed by atoms with Crippen LogP contribution in [0, 0.1) is 19.8 Å². The van der Waals surface area contributed by atoms with Crippen LogP contribution in [0.1, 0.15) is 36.2 Å². The lowest BCUT2D eigenvalue weighted by Gasteiger charge is -2.24. The number of aliphatic hydroxyl groups is 3. The van der Waals surface area contributed by atoms with Crippen LogP contribution in [-0.2, 0) is 13.2 Å². The third kappa shape index (κ3) is 6.95. The highest BCUT2D eigenvalue weighted by Crippen LogP contribution is 2.25. The largest absolute Gasteiger partial charge is 0.489 e. The van der Waals surface area contributed by atoms with Crippen molar-refractivity contribution in [2.24, 2.45) is 5.92 Å². The molecule has 0 fully saturated rings. The monoisotopic (exact) mass is 418 g/mol. The van der Waals surface area contributed by atoms with Crippen LogP contribution in [0.15, 0.2) is 30.5 Å². The van der Waals surface area contributed by atoms with Crippen molar-refractivity contribution in [1.29, 1.82) is 0 Å². The van der Waals surface area contributed by atoms with Crippen molar-refractivity contribution in [2.75, 3.05) is 19.7 Å². The summed E-state index contributed by atoms with van der Waals surface area (Å²) in [4.78, 5) is 4.18. The van der Waals surface area contributed by atoms with Gasteiger partial charge in [0.2, 0.25) is 0 Å². The third-order valence-electron chi connectivity index (χ3n) is 4.90. The predicted octanol–water partition coefficient (Wildman–Crippen LogP) is 2.12. The van der Waals surface area contributed by atoms with Gasteiger partial charge in [0.1, 0.15) is 30.3 Å². The number of nitrogens with one attached hydrogen (secondary N) is 1. The Bertz CT molecular complexity index is 797. The second-order valence-corrected chi connectivity index (χ2v) is 7.83. The van der Waals surface area contributed by atoms with Gasteiger partial charge in [0.05, 0.1) is 18.9 Å². The Kier molecular flexibility index (Phi) is 9.52. The van der Waals surface area contributed by atoms with Gasteiger partial charge in [-0.05, 0) is 37.5 Å². The molecular formula is C23H34N2O5. The molecule has 1 aromatic heterocycles. The molecule has 0 amide bonds. The second kappa shape index (κ2) is 11.9. The van der Waals surface area contributed by atoms with Crippen LogP contribution >= 0.6 is 0 Å². The fourth-order valence-corrected chi connectivity index (χ4v) is 3.08. The first-order valence-electron chi connectivity index (χ1n) is 10.3. The molecule has 30 heavy (non-hydrogen) atoms. The van der Waals surface area contributed by atoms with E-state index in [0.717, 1.165) is 11.3 Å². The number of aromatic nitrogens is 1. The summed E-state index contributed by atoms with van der Waals surface area (Å²) in [6.45, 7) is 8.45. The van der Waals surface area contributed by atoms with E-state index >= 15 is 0 Å². The fourth-order valence-electron chi connectivity index (χ4n) is 3.08. The van der Waals surface area contributed by atoms with Gasteiger partial charge >= 0.3 is 0 Å². The molecule has 0 bridgehead atoms. The molecule has 0 aliphatic carbocycles. The number of nitrogens with zero attached hydrogens (tertiary/aromatic N) is 1. The molecular weight excluding hydrogens is 384 g/mol. The molecule has 2 aromatic rings. The smallest absolute Gasteiger partial charge is 0.146 e. The first-order valence-corrected chi connectivity index (χ1v) is 10.3. The summed E-state index contributed by atoms with van der Waals surface area (Å²) in [6.07, 6.45) is 0.737. The molecule has 0 saturated heterocycles. The average molecular weight is 419 g/mol. The Hall–Kier alpha value is -2.19. The van der Waals surface area contributed by atoms with Crippen molar-refractivity contribution in [3.8, 4) is 11.5 Å². The van der Waals surface area contributed by atoms with E-state index in [1.165, 1.54) is 6.20 Å². The molecule has 1 aromatic carbocycles. The summed E-state index contributed by atoms with van der Waals surface area (Å²) < 4.78 is 11.8. The fraction of sp³-hybridized carbons (Fsp3) is 0.522. The van der Waals surface area contributed by atoms with E-state index in [0.29, 0.717) is 41.6 Å². The molecule has 2 unspecified atom stereocenters. The SMILES string of the molecule is Cc1cccc(OC(CNCC(O)COc2c(C)ncc(CO)c2CO)C(C)C)c1. The minimum atomic E-state index is -0.750. The van der Waals surface area contributed by atoms with E-state index in [2.05, 4.69) is 24.1 Å². The lowest BCUT2D eigenvalue weighted by molar-refractivity contribution is 0.0950. The molecule has 0 radical (unpaired) electrons. The quantitative estimate of drug-likeness (QED) is 0.419. The van der Waals surface area contributed by atoms with Crippen LogP contribution in [0.25, 0.3) is 0 Å². The van der Waals surface area contributed by atoms with Crippen LogP contribution in [0.3, 0.4) is 0 Å². The van der Waals surface area contributed by atoms with E-state index < -0.39 is 6.10 Å². The summed E-state index contributed by atoms with van der Waals surface area (Å²) >= 11 is 0. The van der Waals surface area contributed by atoms with E-state index in [9.17, 15) is 15.3 Å². The van der Waals surface area contributed by atoms with Gasteiger partial charge in [0.15, 0.2) is 0 Å². The first kappa shape index (κ1) is 24.1. The molecule has 0 aliphatic heterocycles. The normalized spacial score (nSPS) is 13.3. The van der Waals surface area contributed by atoms with Crippen LogP contribution in [-0.4, -0.2) is 52.2 Å². The third-order valence-corrected chi connectivity index (χ3v) is 4.90. The van der Waals surface area contributed by atoms with Crippen LogP contribution in [0.2, 0.25) is 0 Å². The minimum absolute atomic E-state index is 0.0337. The van der Waals surface area contributed by atoms with Gasteiger partial charge in [-0.2, -0.15) is 0 Å².